The smallest absolute Gasteiger partial charge is 0.0897 e. The summed E-state index contributed by atoms with van der Waals surface area (Å²) in [6.07, 6.45) is -0.574. The number of hydrogen-bond donors (Lipinski definition) is 1. The molecule has 0 radical (unpaired) electrons. The van der Waals surface area contributed by atoms with E-state index in [0.29, 0.717) is 18.3 Å². The average Bonchev–Trinajstić information content (AvgIpc) is 2.32. The second-order valence-electron chi connectivity index (χ2n) is 4.50. The van der Waals surface area contributed by atoms with Crippen LogP contribution < -0.4 is 0 Å². The highest BCUT2D eigenvalue weighted by Crippen LogP contribution is 2.24. The quantitative estimate of drug-likeness (QED) is 0.773. The van der Waals surface area contributed by atoms with Gasteiger partial charge in [0.05, 0.1) is 12.2 Å². The molecule has 0 spiro atoms. The summed E-state index contributed by atoms with van der Waals surface area (Å²) < 4.78 is 5.59. The van der Waals surface area contributed by atoms with Gasteiger partial charge in [0.25, 0.3) is 0 Å². The minimum atomic E-state index is -0.464. The molecule has 4 heteroatoms. The number of halogens is 1. The molecule has 0 saturated heterocycles. The van der Waals surface area contributed by atoms with E-state index in [2.05, 4.69) is 13.8 Å². The summed E-state index contributed by atoms with van der Waals surface area (Å²) in [4.78, 5) is 1.07. The van der Waals surface area contributed by atoms with E-state index in [-0.39, 0.29) is 6.10 Å². The fourth-order valence-electron chi connectivity index (χ4n) is 1.77. The van der Waals surface area contributed by atoms with Crippen molar-refractivity contribution in [2.45, 2.75) is 37.9 Å². The Bertz CT molecular complexity index is 357. The molecule has 0 aliphatic heterocycles. The molecule has 0 saturated carbocycles. The Morgan fingerprint density at radius 3 is 2.67 bits per heavy atom. The lowest BCUT2D eigenvalue weighted by atomic mass is 10.0. The van der Waals surface area contributed by atoms with Crippen LogP contribution in [-0.2, 0) is 4.74 Å². The fourth-order valence-corrected chi connectivity index (χ4v) is 2.97. The number of rotatable bonds is 7. The van der Waals surface area contributed by atoms with E-state index in [9.17, 15) is 5.11 Å². The first-order valence-corrected chi connectivity index (χ1v) is 7.59. The molecule has 18 heavy (non-hydrogen) atoms. The molecule has 1 aromatic rings. The summed E-state index contributed by atoms with van der Waals surface area (Å²) in [7, 11) is 0. The summed E-state index contributed by atoms with van der Waals surface area (Å²) in [6, 6.07) is 7.66. The van der Waals surface area contributed by atoms with E-state index in [1.54, 1.807) is 11.8 Å². The number of thioether (sulfide) groups is 1. The lowest BCUT2D eigenvalue weighted by Gasteiger charge is -2.26. The SMILES string of the molecule is CCOC(C(C)C)C(O)CSc1cccc(Cl)c1. The standard InChI is InChI=1S/C14H21ClO2S/c1-4-17-14(10(2)3)13(16)9-18-12-7-5-6-11(15)8-12/h5-8,10,13-14,16H,4,9H2,1-3H3. The molecule has 102 valence electrons. The van der Waals surface area contributed by atoms with Crippen LogP contribution in [0.5, 0.6) is 0 Å². The van der Waals surface area contributed by atoms with E-state index >= 15 is 0 Å². The molecule has 1 rings (SSSR count). The number of aliphatic hydroxyl groups is 1. The van der Waals surface area contributed by atoms with Crippen molar-refractivity contribution < 1.29 is 9.84 Å². The molecule has 2 atom stereocenters. The van der Waals surface area contributed by atoms with Crippen LogP contribution in [0.2, 0.25) is 5.02 Å². The molecule has 0 heterocycles. The van der Waals surface area contributed by atoms with Crippen LogP contribution in [0.3, 0.4) is 0 Å². The van der Waals surface area contributed by atoms with E-state index < -0.39 is 6.10 Å². The molecule has 2 nitrogen and oxygen atoms in total. The molecule has 1 aromatic carbocycles. The maximum absolute atomic E-state index is 10.2. The van der Waals surface area contributed by atoms with Crippen molar-refractivity contribution >= 4 is 23.4 Å². The van der Waals surface area contributed by atoms with E-state index in [4.69, 9.17) is 16.3 Å². The van der Waals surface area contributed by atoms with Crippen molar-refractivity contribution in [2.75, 3.05) is 12.4 Å². The first-order chi connectivity index (χ1) is 8.54. The van der Waals surface area contributed by atoms with Gasteiger partial charge in [-0.05, 0) is 31.0 Å². The van der Waals surface area contributed by atoms with Crippen LogP contribution in [0.15, 0.2) is 29.2 Å². The summed E-state index contributed by atoms with van der Waals surface area (Å²) in [5.74, 6) is 0.920. The lowest BCUT2D eigenvalue weighted by Crippen LogP contribution is -2.35. The zero-order chi connectivity index (χ0) is 13.5. The topological polar surface area (TPSA) is 29.5 Å². The summed E-state index contributed by atoms with van der Waals surface area (Å²) in [6.45, 7) is 6.70. The molecule has 0 fully saturated rings. The highest BCUT2D eigenvalue weighted by molar-refractivity contribution is 7.99. The van der Waals surface area contributed by atoms with Gasteiger partial charge in [-0.15, -0.1) is 11.8 Å². The third-order valence-electron chi connectivity index (χ3n) is 2.61. The first kappa shape index (κ1) is 15.8. The van der Waals surface area contributed by atoms with Crippen molar-refractivity contribution in [1.82, 2.24) is 0 Å². The lowest BCUT2D eigenvalue weighted by molar-refractivity contribution is -0.0470. The zero-order valence-electron chi connectivity index (χ0n) is 11.1. The van der Waals surface area contributed by atoms with Crippen LogP contribution in [0.25, 0.3) is 0 Å². The summed E-state index contributed by atoms with van der Waals surface area (Å²) in [5.41, 5.74) is 0. The first-order valence-electron chi connectivity index (χ1n) is 6.22. The highest BCUT2D eigenvalue weighted by Gasteiger charge is 2.22. The van der Waals surface area contributed by atoms with Gasteiger partial charge in [0.15, 0.2) is 0 Å². The maximum Gasteiger partial charge on any atom is 0.0897 e. The maximum atomic E-state index is 10.2. The summed E-state index contributed by atoms with van der Waals surface area (Å²) >= 11 is 7.52. The van der Waals surface area contributed by atoms with Gasteiger partial charge < -0.3 is 9.84 Å². The number of aliphatic hydroxyl groups excluding tert-OH is 1. The third kappa shape index (κ3) is 5.19. The molecule has 0 amide bonds. The fraction of sp³-hybridized carbons (Fsp3) is 0.571. The minimum Gasteiger partial charge on any atom is -0.390 e. The van der Waals surface area contributed by atoms with Gasteiger partial charge >= 0.3 is 0 Å². The van der Waals surface area contributed by atoms with Crippen molar-refractivity contribution in [2.24, 2.45) is 5.92 Å². The Morgan fingerprint density at radius 1 is 1.39 bits per heavy atom. The van der Waals surface area contributed by atoms with E-state index in [0.717, 1.165) is 9.92 Å². The van der Waals surface area contributed by atoms with Gasteiger partial charge in [-0.3, -0.25) is 0 Å². The third-order valence-corrected chi connectivity index (χ3v) is 3.94. The van der Waals surface area contributed by atoms with Crippen molar-refractivity contribution in [1.29, 1.82) is 0 Å². The van der Waals surface area contributed by atoms with Gasteiger partial charge in [-0.2, -0.15) is 0 Å². The predicted octanol–water partition coefficient (Wildman–Crippen LogP) is 3.85. The number of hydrogen-bond acceptors (Lipinski definition) is 3. The van der Waals surface area contributed by atoms with Crippen LogP contribution in [-0.4, -0.2) is 29.7 Å². The molecule has 0 bridgehead atoms. The van der Waals surface area contributed by atoms with Gasteiger partial charge in [-0.25, -0.2) is 0 Å². The van der Waals surface area contributed by atoms with Crippen LogP contribution in [0.1, 0.15) is 20.8 Å². The van der Waals surface area contributed by atoms with E-state index in [1.807, 2.05) is 31.2 Å². The molecule has 0 aliphatic rings. The van der Waals surface area contributed by atoms with Crippen molar-refractivity contribution in [3.63, 3.8) is 0 Å². The van der Waals surface area contributed by atoms with Gasteiger partial charge in [-0.1, -0.05) is 31.5 Å². The Balaban J connectivity index is 2.51. The molecule has 2 unspecified atom stereocenters. The highest BCUT2D eigenvalue weighted by atomic mass is 35.5. The van der Waals surface area contributed by atoms with Crippen LogP contribution in [0.4, 0.5) is 0 Å². The van der Waals surface area contributed by atoms with Crippen LogP contribution >= 0.6 is 23.4 Å². The molecule has 1 N–H and O–H groups in total. The predicted molar refractivity (Wildman–Crippen MR) is 78.4 cm³/mol. The zero-order valence-corrected chi connectivity index (χ0v) is 12.7. The molecule has 0 aromatic heterocycles. The summed E-state index contributed by atoms with van der Waals surface area (Å²) in [5, 5.41) is 10.9. The molecular formula is C14H21ClO2S. The normalized spacial score (nSPS) is 14.8. The Kier molecular flexibility index (Phi) is 7.08. The Labute approximate surface area is 119 Å². The van der Waals surface area contributed by atoms with Gasteiger partial charge in [0.1, 0.15) is 0 Å². The van der Waals surface area contributed by atoms with E-state index in [1.165, 1.54) is 0 Å². The van der Waals surface area contributed by atoms with Gasteiger partial charge in [0.2, 0.25) is 0 Å². The average molecular weight is 289 g/mol. The van der Waals surface area contributed by atoms with Crippen molar-refractivity contribution in [3.05, 3.63) is 29.3 Å². The van der Waals surface area contributed by atoms with Gasteiger partial charge in [0, 0.05) is 22.3 Å². The molecular weight excluding hydrogens is 268 g/mol. The monoisotopic (exact) mass is 288 g/mol. The number of ether oxygens (including phenoxy) is 1. The van der Waals surface area contributed by atoms with Crippen molar-refractivity contribution in [3.8, 4) is 0 Å². The van der Waals surface area contributed by atoms with Crippen LogP contribution in [0, 0.1) is 5.92 Å². The molecule has 0 aliphatic carbocycles. The Morgan fingerprint density at radius 2 is 2.11 bits per heavy atom. The minimum absolute atomic E-state index is 0.110. The second kappa shape index (κ2) is 8.05. The number of benzene rings is 1. The second-order valence-corrected chi connectivity index (χ2v) is 6.03. The largest absolute Gasteiger partial charge is 0.390 e. The Hall–Kier alpha value is -0.220.